The molecule has 110 valence electrons. The zero-order chi connectivity index (χ0) is 15.5. The summed E-state index contributed by atoms with van der Waals surface area (Å²) in [4.78, 5) is 12.1. The first-order chi connectivity index (χ1) is 10.7. The van der Waals surface area contributed by atoms with Crippen LogP contribution in [0.4, 0.5) is 5.69 Å². The number of anilines is 1. The fraction of sp³-hybridized carbons (Fsp3) is 0.0556. The number of rotatable bonds is 3. The third-order valence-corrected chi connectivity index (χ3v) is 3.48. The van der Waals surface area contributed by atoms with Gasteiger partial charge in [-0.3, -0.25) is 9.36 Å². The molecule has 0 fully saturated rings. The molecule has 0 aliphatic heterocycles. The third-order valence-electron chi connectivity index (χ3n) is 3.48. The number of benzene rings is 2. The average molecular weight is 292 g/mol. The van der Waals surface area contributed by atoms with Gasteiger partial charge in [-0.05, 0) is 47.5 Å². The van der Waals surface area contributed by atoms with Crippen LogP contribution in [0.2, 0.25) is 0 Å². The summed E-state index contributed by atoms with van der Waals surface area (Å²) < 4.78 is 6.75. The van der Waals surface area contributed by atoms with E-state index in [1.807, 2.05) is 48.7 Å². The van der Waals surface area contributed by atoms with Crippen molar-refractivity contribution in [2.24, 2.45) is 0 Å². The van der Waals surface area contributed by atoms with Gasteiger partial charge in [0.2, 0.25) is 0 Å². The van der Waals surface area contributed by atoms with Crippen LogP contribution in [0.15, 0.2) is 71.7 Å². The van der Waals surface area contributed by atoms with Crippen molar-refractivity contribution in [1.29, 1.82) is 0 Å². The number of hydrogen-bond acceptors (Lipinski definition) is 3. The molecule has 4 heteroatoms. The lowest BCUT2D eigenvalue weighted by atomic mass is 10.1. The molecule has 22 heavy (non-hydrogen) atoms. The number of nitrogen functional groups attached to an aromatic ring is 1. The Morgan fingerprint density at radius 2 is 1.68 bits per heavy atom. The largest absolute Gasteiger partial charge is 0.497 e. The van der Waals surface area contributed by atoms with Gasteiger partial charge in [-0.2, -0.15) is 0 Å². The van der Waals surface area contributed by atoms with Crippen LogP contribution in [0.5, 0.6) is 5.75 Å². The summed E-state index contributed by atoms with van der Waals surface area (Å²) in [6.07, 6.45) is 1.82. The molecule has 3 rings (SSSR count). The quantitative estimate of drug-likeness (QED) is 0.755. The number of nitrogens with zero attached hydrogens (tertiary/aromatic N) is 1. The highest BCUT2D eigenvalue weighted by Crippen LogP contribution is 2.22. The monoisotopic (exact) mass is 292 g/mol. The SMILES string of the molecule is COc1ccc(-c2ccc(=O)n(-c3cccc(N)c3)c2)cc1. The van der Waals surface area contributed by atoms with Crippen molar-refractivity contribution in [3.05, 3.63) is 77.2 Å². The number of pyridine rings is 1. The number of ether oxygens (including phenoxy) is 1. The zero-order valence-corrected chi connectivity index (χ0v) is 12.2. The Hall–Kier alpha value is -3.01. The Labute approximate surface area is 128 Å². The molecule has 0 amide bonds. The molecule has 4 nitrogen and oxygen atoms in total. The minimum Gasteiger partial charge on any atom is -0.497 e. The third kappa shape index (κ3) is 2.72. The summed E-state index contributed by atoms with van der Waals surface area (Å²) >= 11 is 0. The molecule has 0 radical (unpaired) electrons. The predicted molar refractivity (Wildman–Crippen MR) is 88.4 cm³/mol. The highest BCUT2D eigenvalue weighted by Gasteiger charge is 2.04. The van der Waals surface area contributed by atoms with Gasteiger partial charge < -0.3 is 10.5 Å². The minimum atomic E-state index is -0.0946. The molecule has 0 spiro atoms. The van der Waals surface area contributed by atoms with Crippen molar-refractivity contribution < 1.29 is 4.74 Å². The Balaban J connectivity index is 2.07. The summed E-state index contributed by atoms with van der Waals surface area (Å²) in [5, 5.41) is 0. The van der Waals surface area contributed by atoms with E-state index in [2.05, 4.69) is 0 Å². The van der Waals surface area contributed by atoms with Crippen LogP contribution in [-0.4, -0.2) is 11.7 Å². The van der Waals surface area contributed by atoms with E-state index in [1.54, 1.807) is 29.9 Å². The first-order valence-corrected chi connectivity index (χ1v) is 6.90. The molecule has 0 saturated heterocycles. The lowest BCUT2D eigenvalue weighted by molar-refractivity contribution is 0.415. The summed E-state index contributed by atoms with van der Waals surface area (Å²) in [6, 6.07) is 18.3. The Bertz CT molecular complexity index is 851. The summed E-state index contributed by atoms with van der Waals surface area (Å²) in [5.41, 5.74) is 9.04. The van der Waals surface area contributed by atoms with Crippen LogP contribution in [0.25, 0.3) is 16.8 Å². The van der Waals surface area contributed by atoms with E-state index in [1.165, 1.54) is 0 Å². The van der Waals surface area contributed by atoms with Crippen molar-refractivity contribution in [2.75, 3.05) is 12.8 Å². The van der Waals surface area contributed by atoms with Crippen LogP contribution >= 0.6 is 0 Å². The Morgan fingerprint density at radius 3 is 2.36 bits per heavy atom. The van der Waals surface area contributed by atoms with Gasteiger partial charge in [0.1, 0.15) is 5.75 Å². The maximum atomic E-state index is 12.1. The molecule has 0 aliphatic carbocycles. The van der Waals surface area contributed by atoms with Gasteiger partial charge in [0.05, 0.1) is 12.8 Å². The molecule has 0 atom stereocenters. The standard InChI is InChI=1S/C18H16N2O2/c1-22-17-8-5-13(6-9-17)14-7-10-18(21)20(12-14)16-4-2-3-15(19)11-16/h2-12H,19H2,1H3. The maximum absolute atomic E-state index is 12.1. The van der Waals surface area contributed by atoms with E-state index in [-0.39, 0.29) is 5.56 Å². The van der Waals surface area contributed by atoms with E-state index in [9.17, 15) is 4.79 Å². The molecule has 1 heterocycles. The molecular formula is C18H16N2O2. The van der Waals surface area contributed by atoms with Crippen molar-refractivity contribution in [3.63, 3.8) is 0 Å². The van der Waals surface area contributed by atoms with E-state index in [0.29, 0.717) is 5.69 Å². The molecule has 0 unspecified atom stereocenters. The van der Waals surface area contributed by atoms with E-state index < -0.39 is 0 Å². The zero-order valence-electron chi connectivity index (χ0n) is 12.2. The van der Waals surface area contributed by atoms with Crippen molar-refractivity contribution in [1.82, 2.24) is 4.57 Å². The fourth-order valence-corrected chi connectivity index (χ4v) is 2.32. The molecule has 0 aliphatic rings. The summed E-state index contributed by atoms with van der Waals surface area (Å²) in [7, 11) is 1.63. The Kier molecular flexibility index (Phi) is 3.66. The molecule has 2 N–H and O–H groups in total. The van der Waals surface area contributed by atoms with Gasteiger partial charge in [0.25, 0.3) is 5.56 Å². The van der Waals surface area contributed by atoms with Crippen LogP contribution in [0, 0.1) is 0 Å². The first kappa shape index (κ1) is 13.9. The molecule has 2 aromatic carbocycles. The summed E-state index contributed by atoms with van der Waals surface area (Å²) in [5.74, 6) is 0.799. The number of hydrogen-bond donors (Lipinski definition) is 1. The molecular weight excluding hydrogens is 276 g/mol. The van der Waals surface area contributed by atoms with Crippen LogP contribution in [0.3, 0.4) is 0 Å². The highest BCUT2D eigenvalue weighted by atomic mass is 16.5. The van der Waals surface area contributed by atoms with E-state index >= 15 is 0 Å². The Morgan fingerprint density at radius 1 is 0.955 bits per heavy atom. The number of aromatic nitrogens is 1. The number of nitrogens with two attached hydrogens (primary N) is 1. The van der Waals surface area contributed by atoms with E-state index in [0.717, 1.165) is 22.6 Å². The topological polar surface area (TPSA) is 57.2 Å². The van der Waals surface area contributed by atoms with Crippen molar-refractivity contribution >= 4 is 5.69 Å². The predicted octanol–water partition coefficient (Wildman–Crippen LogP) is 3.10. The van der Waals surface area contributed by atoms with Crippen LogP contribution < -0.4 is 16.0 Å². The molecule has 3 aromatic rings. The average Bonchev–Trinajstić information content (AvgIpc) is 2.55. The van der Waals surface area contributed by atoms with Gasteiger partial charge in [-0.25, -0.2) is 0 Å². The first-order valence-electron chi connectivity index (χ1n) is 6.90. The second-order valence-corrected chi connectivity index (χ2v) is 4.95. The molecule has 1 aromatic heterocycles. The van der Waals surface area contributed by atoms with Gasteiger partial charge in [-0.15, -0.1) is 0 Å². The van der Waals surface area contributed by atoms with Crippen molar-refractivity contribution in [2.45, 2.75) is 0 Å². The van der Waals surface area contributed by atoms with Crippen LogP contribution in [0.1, 0.15) is 0 Å². The van der Waals surface area contributed by atoms with Gasteiger partial charge in [0, 0.05) is 18.0 Å². The van der Waals surface area contributed by atoms with Gasteiger partial charge in [0.15, 0.2) is 0 Å². The van der Waals surface area contributed by atoms with Crippen LogP contribution in [-0.2, 0) is 0 Å². The minimum absolute atomic E-state index is 0.0946. The van der Waals surface area contributed by atoms with Gasteiger partial charge in [-0.1, -0.05) is 18.2 Å². The maximum Gasteiger partial charge on any atom is 0.255 e. The smallest absolute Gasteiger partial charge is 0.255 e. The fourth-order valence-electron chi connectivity index (χ4n) is 2.32. The molecule has 0 saturated carbocycles. The van der Waals surface area contributed by atoms with Gasteiger partial charge >= 0.3 is 0 Å². The second-order valence-electron chi connectivity index (χ2n) is 4.95. The molecule has 0 bridgehead atoms. The summed E-state index contributed by atoms with van der Waals surface area (Å²) in [6.45, 7) is 0. The lowest BCUT2D eigenvalue weighted by Gasteiger charge is -2.09. The second kappa shape index (κ2) is 5.77. The van der Waals surface area contributed by atoms with Crippen molar-refractivity contribution in [3.8, 4) is 22.6 Å². The van der Waals surface area contributed by atoms with E-state index in [4.69, 9.17) is 10.5 Å². The highest BCUT2D eigenvalue weighted by molar-refractivity contribution is 5.64. The number of methoxy groups -OCH3 is 1. The normalized spacial score (nSPS) is 10.4. The lowest BCUT2D eigenvalue weighted by Crippen LogP contribution is -2.16.